The van der Waals surface area contributed by atoms with Crippen molar-refractivity contribution in [2.24, 2.45) is 11.7 Å². The fourth-order valence-corrected chi connectivity index (χ4v) is 1.47. The normalized spacial score (nSPS) is 13.8. The van der Waals surface area contributed by atoms with E-state index in [0.717, 1.165) is 4.90 Å². The van der Waals surface area contributed by atoms with Crippen molar-refractivity contribution < 1.29 is 19.5 Å². The van der Waals surface area contributed by atoms with Gasteiger partial charge in [0.25, 0.3) is 0 Å². The number of urea groups is 1. The molecule has 0 bridgehead atoms. The lowest BCUT2D eigenvalue weighted by molar-refractivity contribution is -0.149. The van der Waals surface area contributed by atoms with Crippen LogP contribution >= 0.6 is 0 Å². The van der Waals surface area contributed by atoms with E-state index in [2.05, 4.69) is 5.32 Å². The number of nitrogens with zero attached hydrogens (tertiary/aromatic N) is 1. The Labute approximate surface area is 106 Å². The number of hydrogen-bond acceptors (Lipinski definition) is 3. The summed E-state index contributed by atoms with van der Waals surface area (Å²) in [4.78, 5) is 34.8. The lowest BCUT2D eigenvalue weighted by atomic mass is 10.0. The molecule has 0 fully saturated rings. The van der Waals surface area contributed by atoms with Gasteiger partial charge in [0.05, 0.1) is 0 Å². The van der Waals surface area contributed by atoms with Crippen LogP contribution in [0, 0.1) is 5.92 Å². The number of primary amides is 1. The fraction of sp³-hybridized carbons (Fsp3) is 0.727. The minimum atomic E-state index is -1.10. The van der Waals surface area contributed by atoms with Gasteiger partial charge in [-0.05, 0) is 19.3 Å². The Bertz CT molecular complexity index is 330. The summed E-state index contributed by atoms with van der Waals surface area (Å²) < 4.78 is 0. The van der Waals surface area contributed by atoms with Gasteiger partial charge in [-0.2, -0.15) is 0 Å². The minimum Gasteiger partial charge on any atom is -0.480 e. The van der Waals surface area contributed by atoms with Crippen LogP contribution in [-0.2, 0) is 9.59 Å². The van der Waals surface area contributed by atoms with Gasteiger partial charge in [0, 0.05) is 7.05 Å². The molecule has 0 aromatic heterocycles. The highest BCUT2D eigenvalue weighted by molar-refractivity contribution is 5.89. The molecule has 0 aliphatic rings. The quantitative estimate of drug-likeness (QED) is 0.623. The molecule has 0 aliphatic carbocycles. The largest absolute Gasteiger partial charge is 0.480 e. The van der Waals surface area contributed by atoms with Gasteiger partial charge in [-0.3, -0.25) is 4.79 Å². The molecule has 0 spiro atoms. The summed E-state index contributed by atoms with van der Waals surface area (Å²) in [5, 5.41) is 11.2. The number of amides is 3. The first-order chi connectivity index (χ1) is 8.16. The molecule has 0 rings (SSSR count). The van der Waals surface area contributed by atoms with Crippen LogP contribution in [0.1, 0.15) is 27.2 Å². The molecule has 7 nitrogen and oxygen atoms in total. The second kappa shape index (κ2) is 6.83. The van der Waals surface area contributed by atoms with Gasteiger partial charge in [0.2, 0.25) is 5.91 Å². The van der Waals surface area contributed by atoms with Crippen LogP contribution < -0.4 is 11.1 Å². The van der Waals surface area contributed by atoms with Gasteiger partial charge in [0.15, 0.2) is 0 Å². The first-order valence-electron chi connectivity index (χ1n) is 5.72. The van der Waals surface area contributed by atoms with Crippen LogP contribution in [0.4, 0.5) is 4.79 Å². The maximum Gasteiger partial charge on any atom is 0.326 e. The zero-order valence-corrected chi connectivity index (χ0v) is 11.1. The highest BCUT2D eigenvalue weighted by atomic mass is 16.4. The molecule has 0 saturated carbocycles. The number of nitrogens with one attached hydrogen (secondary N) is 1. The van der Waals surface area contributed by atoms with Crippen molar-refractivity contribution in [1.82, 2.24) is 10.2 Å². The highest BCUT2D eigenvalue weighted by Gasteiger charge is 2.29. The minimum absolute atomic E-state index is 0.166. The molecule has 0 heterocycles. The molecule has 4 N–H and O–H groups in total. The number of carboxylic acids is 1. The SMILES string of the molecule is CC(C)CC(NC(N)=O)C(=O)N(C)C(C)C(=O)O. The molecule has 18 heavy (non-hydrogen) atoms. The van der Waals surface area contributed by atoms with Gasteiger partial charge in [0.1, 0.15) is 12.1 Å². The molecular formula is C11H21N3O4. The van der Waals surface area contributed by atoms with E-state index in [1.165, 1.54) is 14.0 Å². The summed E-state index contributed by atoms with van der Waals surface area (Å²) >= 11 is 0. The van der Waals surface area contributed by atoms with E-state index >= 15 is 0 Å². The number of rotatable bonds is 6. The standard InChI is InChI=1S/C11H21N3O4/c1-6(2)5-8(13-11(12)18)9(15)14(4)7(3)10(16)17/h6-8H,5H2,1-4H3,(H,16,17)(H3,12,13,18). The molecule has 104 valence electrons. The van der Waals surface area contributed by atoms with Crippen LogP contribution in [0.25, 0.3) is 0 Å². The van der Waals surface area contributed by atoms with Crippen molar-refractivity contribution in [3.63, 3.8) is 0 Å². The molecule has 0 aliphatic heterocycles. The Morgan fingerprint density at radius 1 is 1.28 bits per heavy atom. The summed E-state index contributed by atoms with van der Waals surface area (Å²) in [7, 11) is 1.39. The van der Waals surface area contributed by atoms with E-state index in [1.54, 1.807) is 0 Å². The molecule has 0 saturated heterocycles. The van der Waals surface area contributed by atoms with Crippen molar-refractivity contribution in [2.45, 2.75) is 39.3 Å². The van der Waals surface area contributed by atoms with E-state index in [4.69, 9.17) is 10.8 Å². The topological polar surface area (TPSA) is 113 Å². The molecule has 2 atom stereocenters. The average Bonchev–Trinajstić information content (AvgIpc) is 2.23. The summed E-state index contributed by atoms with van der Waals surface area (Å²) in [6.07, 6.45) is 0.401. The van der Waals surface area contributed by atoms with Crippen molar-refractivity contribution >= 4 is 17.9 Å². The third-order valence-electron chi connectivity index (χ3n) is 2.61. The summed E-state index contributed by atoms with van der Waals surface area (Å²) in [5.41, 5.74) is 5.01. The summed E-state index contributed by atoms with van der Waals surface area (Å²) in [5.74, 6) is -1.40. The number of carbonyl (C=O) groups excluding carboxylic acids is 2. The molecule has 3 amide bonds. The van der Waals surface area contributed by atoms with E-state index in [9.17, 15) is 14.4 Å². The Balaban J connectivity index is 4.83. The molecule has 2 unspecified atom stereocenters. The number of nitrogens with two attached hydrogens (primary N) is 1. The van der Waals surface area contributed by atoms with Crippen molar-refractivity contribution in [2.75, 3.05) is 7.05 Å². The van der Waals surface area contributed by atoms with Crippen molar-refractivity contribution in [3.05, 3.63) is 0 Å². The molecule has 7 heteroatoms. The van der Waals surface area contributed by atoms with E-state index in [0.29, 0.717) is 6.42 Å². The van der Waals surface area contributed by atoms with Crippen LogP contribution in [0.2, 0.25) is 0 Å². The second-order valence-corrected chi connectivity index (χ2v) is 4.65. The highest BCUT2D eigenvalue weighted by Crippen LogP contribution is 2.09. The molecular weight excluding hydrogens is 238 g/mol. The van der Waals surface area contributed by atoms with Crippen LogP contribution in [0.3, 0.4) is 0 Å². The Kier molecular flexibility index (Phi) is 6.15. The second-order valence-electron chi connectivity index (χ2n) is 4.65. The fourth-order valence-electron chi connectivity index (χ4n) is 1.47. The monoisotopic (exact) mass is 259 g/mol. The van der Waals surface area contributed by atoms with E-state index < -0.39 is 30.0 Å². The molecule has 0 aromatic carbocycles. The van der Waals surface area contributed by atoms with Gasteiger partial charge in [-0.1, -0.05) is 13.8 Å². The molecule has 0 aromatic rings. The van der Waals surface area contributed by atoms with Crippen molar-refractivity contribution in [1.29, 1.82) is 0 Å². The average molecular weight is 259 g/mol. The zero-order chi connectivity index (χ0) is 14.5. The predicted molar refractivity (Wildman–Crippen MR) is 65.8 cm³/mol. The predicted octanol–water partition coefficient (Wildman–Crippen LogP) is 0.000900. The van der Waals surface area contributed by atoms with Gasteiger partial charge >= 0.3 is 12.0 Å². The van der Waals surface area contributed by atoms with Crippen LogP contribution in [-0.4, -0.2) is 47.0 Å². The maximum atomic E-state index is 12.1. The number of likely N-dealkylation sites (N-methyl/N-ethyl adjacent to an activating group) is 1. The third-order valence-corrected chi connectivity index (χ3v) is 2.61. The first kappa shape index (κ1) is 16.2. The van der Waals surface area contributed by atoms with Gasteiger partial charge in [-0.25, -0.2) is 9.59 Å². The number of hydrogen-bond donors (Lipinski definition) is 3. The first-order valence-corrected chi connectivity index (χ1v) is 5.72. The van der Waals surface area contributed by atoms with Gasteiger partial charge < -0.3 is 21.1 Å². The van der Waals surface area contributed by atoms with E-state index in [1.807, 2.05) is 13.8 Å². The maximum absolute atomic E-state index is 12.1. The lowest BCUT2D eigenvalue weighted by Gasteiger charge is -2.27. The lowest BCUT2D eigenvalue weighted by Crippen LogP contribution is -2.53. The Morgan fingerprint density at radius 2 is 1.78 bits per heavy atom. The number of aliphatic carboxylic acids is 1. The van der Waals surface area contributed by atoms with Gasteiger partial charge in [-0.15, -0.1) is 0 Å². The Morgan fingerprint density at radius 3 is 2.11 bits per heavy atom. The zero-order valence-electron chi connectivity index (χ0n) is 11.1. The van der Waals surface area contributed by atoms with Crippen molar-refractivity contribution in [3.8, 4) is 0 Å². The summed E-state index contributed by atoms with van der Waals surface area (Å²) in [6, 6.07) is -2.55. The smallest absolute Gasteiger partial charge is 0.326 e. The van der Waals surface area contributed by atoms with Crippen LogP contribution in [0.15, 0.2) is 0 Å². The number of carbonyl (C=O) groups is 3. The number of carboxylic acid groups (broad SMARTS) is 1. The van der Waals surface area contributed by atoms with Crippen LogP contribution in [0.5, 0.6) is 0 Å². The van der Waals surface area contributed by atoms with E-state index in [-0.39, 0.29) is 5.92 Å². The molecule has 0 radical (unpaired) electrons. The third kappa shape index (κ3) is 5.03. The Hall–Kier alpha value is -1.79. The summed E-state index contributed by atoms with van der Waals surface area (Å²) in [6.45, 7) is 5.18.